The molecule has 2 aromatic rings. The number of rotatable bonds is 8. The van der Waals surface area contributed by atoms with Crippen LogP contribution in [0.25, 0.3) is 11.0 Å². The van der Waals surface area contributed by atoms with Gasteiger partial charge in [-0.3, -0.25) is 4.99 Å². The van der Waals surface area contributed by atoms with Crippen molar-refractivity contribution in [1.29, 1.82) is 0 Å². The Morgan fingerprint density at radius 3 is 2.96 bits per heavy atom. The summed E-state index contributed by atoms with van der Waals surface area (Å²) in [4.78, 5) is 8.93. The molecule has 2 heterocycles. The quantitative estimate of drug-likeness (QED) is 0.259. The Morgan fingerprint density at radius 2 is 2.22 bits per heavy atom. The van der Waals surface area contributed by atoms with Crippen LogP contribution in [-0.4, -0.2) is 55.0 Å². The molecular weight excluding hydrogens is 457 g/mol. The normalized spacial score (nSPS) is 17.1. The van der Waals surface area contributed by atoms with Gasteiger partial charge in [-0.25, -0.2) is 4.98 Å². The molecule has 1 atom stereocenters. The van der Waals surface area contributed by atoms with Gasteiger partial charge in [-0.15, -0.1) is 24.0 Å². The van der Waals surface area contributed by atoms with Crippen molar-refractivity contribution in [2.75, 3.05) is 33.4 Å². The smallest absolute Gasteiger partial charge is 0.191 e. The monoisotopic (exact) mass is 487 g/mol. The molecule has 3 rings (SSSR count). The summed E-state index contributed by atoms with van der Waals surface area (Å²) in [5.74, 6) is 1.75. The van der Waals surface area contributed by atoms with E-state index in [-0.39, 0.29) is 24.0 Å². The zero-order chi connectivity index (χ0) is 18.2. The van der Waals surface area contributed by atoms with Crippen molar-refractivity contribution in [2.45, 2.75) is 31.9 Å². The lowest BCUT2D eigenvalue weighted by molar-refractivity contribution is 0.0168. The van der Waals surface area contributed by atoms with E-state index in [1.807, 2.05) is 25.2 Å². The van der Waals surface area contributed by atoms with Gasteiger partial charge in [0.1, 0.15) is 5.82 Å². The van der Waals surface area contributed by atoms with Crippen LogP contribution in [-0.2, 0) is 23.1 Å². The van der Waals surface area contributed by atoms with Crippen LogP contribution in [0.1, 0.15) is 25.1 Å². The number of ether oxygens (including phenoxy) is 2. The average molecular weight is 487 g/mol. The molecule has 1 saturated heterocycles. The molecule has 7 nitrogen and oxygen atoms in total. The molecule has 2 N–H and O–H groups in total. The van der Waals surface area contributed by atoms with Crippen molar-refractivity contribution in [3.8, 4) is 0 Å². The molecule has 8 heteroatoms. The molecule has 0 spiro atoms. The molecule has 27 heavy (non-hydrogen) atoms. The van der Waals surface area contributed by atoms with Gasteiger partial charge < -0.3 is 24.7 Å². The van der Waals surface area contributed by atoms with Crippen LogP contribution in [0, 0.1) is 0 Å². The third kappa shape index (κ3) is 6.32. The number of nitrogens with one attached hydrogen (secondary N) is 2. The predicted octanol–water partition coefficient (Wildman–Crippen LogP) is 2.44. The number of aromatic nitrogens is 2. The SMILES string of the molecule is CN=C(NCCCOCC1CCCO1)NCc1nc2ccccc2n1C.I. The van der Waals surface area contributed by atoms with Gasteiger partial charge in [0.25, 0.3) is 0 Å². The maximum absolute atomic E-state index is 5.67. The summed E-state index contributed by atoms with van der Waals surface area (Å²) in [5.41, 5.74) is 2.15. The van der Waals surface area contributed by atoms with E-state index in [0.717, 1.165) is 61.8 Å². The highest BCUT2D eigenvalue weighted by Gasteiger charge is 2.14. The van der Waals surface area contributed by atoms with Crippen molar-refractivity contribution >= 4 is 41.0 Å². The molecule has 1 aromatic heterocycles. The molecule has 1 aromatic carbocycles. The number of para-hydroxylation sites is 2. The largest absolute Gasteiger partial charge is 0.379 e. The summed E-state index contributed by atoms with van der Waals surface area (Å²) in [6.45, 7) is 3.76. The van der Waals surface area contributed by atoms with E-state index in [0.29, 0.717) is 19.3 Å². The summed E-state index contributed by atoms with van der Waals surface area (Å²) in [7, 11) is 3.81. The summed E-state index contributed by atoms with van der Waals surface area (Å²) in [5, 5.41) is 6.63. The minimum absolute atomic E-state index is 0. The molecule has 1 aliphatic heterocycles. The predicted molar refractivity (Wildman–Crippen MR) is 119 cm³/mol. The Kier molecular flexibility index (Phi) is 9.29. The maximum atomic E-state index is 5.67. The second-order valence-electron chi connectivity index (χ2n) is 6.49. The Morgan fingerprint density at radius 1 is 1.37 bits per heavy atom. The second-order valence-corrected chi connectivity index (χ2v) is 6.49. The van der Waals surface area contributed by atoms with Gasteiger partial charge in [-0.1, -0.05) is 12.1 Å². The van der Waals surface area contributed by atoms with Crippen LogP contribution in [0.5, 0.6) is 0 Å². The number of benzene rings is 1. The fourth-order valence-corrected chi connectivity index (χ4v) is 3.11. The number of hydrogen-bond donors (Lipinski definition) is 2. The lowest BCUT2D eigenvalue weighted by Gasteiger charge is -2.13. The summed E-state index contributed by atoms with van der Waals surface area (Å²) >= 11 is 0. The first-order chi connectivity index (χ1) is 12.8. The van der Waals surface area contributed by atoms with Crippen LogP contribution in [0.15, 0.2) is 29.3 Å². The Hall–Kier alpha value is -1.39. The second kappa shape index (κ2) is 11.5. The molecule has 150 valence electrons. The van der Waals surface area contributed by atoms with Gasteiger partial charge in [-0.05, 0) is 31.4 Å². The molecule has 1 aliphatic rings. The zero-order valence-electron chi connectivity index (χ0n) is 16.1. The average Bonchev–Trinajstić information content (AvgIpc) is 3.29. The summed E-state index contributed by atoms with van der Waals surface area (Å²) in [6, 6.07) is 8.15. The van der Waals surface area contributed by atoms with Crippen molar-refractivity contribution in [3.05, 3.63) is 30.1 Å². The van der Waals surface area contributed by atoms with Crippen molar-refractivity contribution in [2.24, 2.45) is 12.0 Å². The molecule has 0 radical (unpaired) electrons. The van der Waals surface area contributed by atoms with Gasteiger partial charge in [0.05, 0.1) is 30.3 Å². The summed E-state index contributed by atoms with van der Waals surface area (Å²) in [6.07, 6.45) is 3.51. The highest BCUT2D eigenvalue weighted by atomic mass is 127. The van der Waals surface area contributed by atoms with Crippen LogP contribution in [0.4, 0.5) is 0 Å². The standard InChI is InChI=1S/C19H29N5O2.HI/c1-20-19(21-10-6-11-25-14-15-7-5-12-26-15)22-13-18-23-16-8-3-4-9-17(16)24(18)2;/h3-4,8-9,15H,5-7,10-14H2,1-2H3,(H2,20,21,22);1H. The molecule has 0 saturated carbocycles. The molecule has 0 bridgehead atoms. The minimum atomic E-state index is 0. The highest BCUT2D eigenvalue weighted by molar-refractivity contribution is 14.0. The van der Waals surface area contributed by atoms with Crippen LogP contribution in [0.2, 0.25) is 0 Å². The van der Waals surface area contributed by atoms with E-state index in [1.165, 1.54) is 0 Å². The lowest BCUT2D eigenvalue weighted by Crippen LogP contribution is -2.38. The third-order valence-corrected chi connectivity index (χ3v) is 4.60. The van der Waals surface area contributed by atoms with Crippen LogP contribution < -0.4 is 10.6 Å². The summed E-state index contributed by atoms with van der Waals surface area (Å²) < 4.78 is 13.3. The minimum Gasteiger partial charge on any atom is -0.379 e. The van der Waals surface area contributed by atoms with Crippen molar-refractivity contribution < 1.29 is 9.47 Å². The number of imidazole rings is 1. The van der Waals surface area contributed by atoms with Crippen LogP contribution in [0.3, 0.4) is 0 Å². The Labute approximate surface area is 177 Å². The first-order valence-electron chi connectivity index (χ1n) is 9.32. The molecule has 0 aliphatic carbocycles. The lowest BCUT2D eigenvalue weighted by atomic mass is 10.2. The van der Waals surface area contributed by atoms with Crippen molar-refractivity contribution in [1.82, 2.24) is 20.2 Å². The van der Waals surface area contributed by atoms with E-state index in [1.54, 1.807) is 7.05 Å². The van der Waals surface area contributed by atoms with E-state index < -0.39 is 0 Å². The molecule has 1 unspecified atom stereocenters. The highest BCUT2D eigenvalue weighted by Crippen LogP contribution is 2.14. The van der Waals surface area contributed by atoms with Gasteiger partial charge in [-0.2, -0.15) is 0 Å². The Bertz CT molecular complexity index is 728. The van der Waals surface area contributed by atoms with Crippen LogP contribution >= 0.6 is 24.0 Å². The van der Waals surface area contributed by atoms with E-state index in [2.05, 4.69) is 31.2 Å². The number of fused-ring (bicyclic) bond motifs is 1. The zero-order valence-corrected chi connectivity index (χ0v) is 18.4. The number of nitrogens with zero attached hydrogens (tertiary/aromatic N) is 3. The number of aliphatic imine (C=N–C) groups is 1. The fraction of sp³-hybridized carbons (Fsp3) is 0.579. The molecular formula is C19H30IN5O2. The first-order valence-corrected chi connectivity index (χ1v) is 9.32. The van der Waals surface area contributed by atoms with Crippen molar-refractivity contribution in [3.63, 3.8) is 0 Å². The number of aryl methyl sites for hydroxylation is 1. The van der Waals surface area contributed by atoms with E-state index in [4.69, 9.17) is 9.47 Å². The topological polar surface area (TPSA) is 72.7 Å². The fourth-order valence-electron chi connectivity index (χ4n) is 3.11. The van der Waals surface area contributed by atoms with E-state index >= 15 is 0 Å². The molecule has 1 fully saturated rings. The Balaban J connectivity index is 0.00000261. The maximum Gasteiger partial charge on any atom is 0.191 e. The third-order valence-electron chi connectivity index (χ3n) is 4.60. The number of halogens is 1. The number of guanidine groups is 1. The first kappa shape index (κ1) is 21.9. The van der Waals surface area contributed by atoms with Gasteiger partial charge in [0, 0.05) is 33.9 Å². The van der Waals surface area contributed by atoms with Gasteiger partial charge >= 0.3 is 0 Å². The van der Waals surface area contributed by atoms with Gasteiger partial charge in [0.2, 0.25) is 0 Å². The van der Waals surface area contributed by atoms with Gasteiger partial charge in [0.15, 0.2) is 5.96 Å². The molecule has 0 amide bonds. The van der Waals surface area contributed by atoms with E-state index in [9.17, 15) is 0 Å². The number of hydrogen-bond acceptors (Lipinski definition) is 4.